The first-order valence-corrected chi connectivity index (χ1v) is 4.29. The van der Waals surface area contributed by atoms with Crippen molar-refractivity contribution in [2.75, 3.05) is 0 Å². The molecule has 1 aromatic carbocycles. The van der Waals surface area contributed by atoms with Gasteiger partial charge in [-0.1, -0.05) is 19.1 Å². The smallest absolute Gasteiger partial charge is 0.242 e. The van der Waals surface area contributed by atoms with E-state index in [1.807, 2.05) is 25.1 Å². The summed E-state index contributed by atoms with van der Waals surface area (Å²) in [6.45, 7) is 1.94. The number of rotatable bonds is 1. The topological polar surface area (TPSA) is 39.8 Å². The van der Waals surface area contributed by atoms with E-state index in [9.17, 15) is 5.21 Å². The number of aromatic nitrogens is 2. The van der Waals surface area contributed by atoms with Crippen molar-refractivity contribution in [2.24, 2.45) is 0 Å². The van der Waals surface area contributed by atoms with E-state index in [0.29, 0.717) is 17.6 Å². The summed E-state index contributed by atoms with van der Waals surface area (Å²) in [7, 11) is 0. The highest BCUT2D eigenvalue weighted by Crippen LogP contribution is 2.06. The van der Waals surface area contributed by atoms with Crippen LogP contribution in [0.4, 0.5) is 0 Å². The van der Waals surface area contributed by atoms with Crippen LogP contribution in [0.25, 0.3) is 11.0 Å². The molecule has 0 saturated carbocycles. The number of benzene rings is 1. The monoisotopic (exact) mass is 174 g/mol. The van der Waals surface area contributed by atoms with Crippen molar-refractivity contribution in [3.63, 3.8) is 0 Å². The van der Waals surface area contributed by atoms with Crippen LogP contribution in [-0.4, -0.2) is 4.98 Å². The molecule has 0 unspecified atom stereocenters. The van der Waals surface area contributed by atoms with Gasteiger partial charge >= 0.3 is 0 Å². The Kier molecular flexibility index (Phi) is 1.85. The molecule has 66 valence electrons. The lowest BCUT2D eigenvalue weighted by atomic mass is 10.3. The van der Waals surface area contributed by atoms with Crippen molar-refractivity contribution in [1.29, 1.82) is 0 Å². The van der Waals surface area contributed by atoms with Gasteiger partial charge in [0, 0.05) is 12.5 Å². The number of nitrogens with zero attached hydrogens (tertiary/aromatic N) is 2. The molecule has 2 rings (SSSR count). The van der Waals surface area contributed by atoms with Crippen molar-refractivity contribution in [1.82, 2.24) is 4.98 Å². The van der Waals surface area contributed by atoms with Gasteiger partial charge in [0.1, 0.15) is 5.52 Å². The summed E-state index contributed by atoms with van der Waals surface area (Å²) in [6.07, 6.45) is 2.34. The largest absolute Gasteiger partial charge is 0.618 e. The number of hydrogen-bond donors (Lipinski definition) is 0. The molecule has 3 nitrogen and oxygen atoms in total. The Labute approximate surface area is 76.2 Å². The van der Waals surface area contributed by atoms with E-state index in [0.717, 1.165) is 10.2 Å². The zero-order valence-corrected chi connectivity index (χ0v) is 7.40. The minimum absolute atomic E-state index is 0.641. The predicted octanol–water partition coefficient (Wildman–Crippen LogP) is 1.43. The molecule has 1 aromatic heterocycles. The van der Waals surface area contributed by atoms with Crippen LogP contribution in [0.5, 0.6) is 0 Å². The quantitative estimate of drug-likeness (QED) is 0.484. The predicted molar refractivity (Wildman–Crippen MR) is 50.1 cm³/mol. The minimum Gasteiger partial charge on any atom is -0.618 e. The van der Waals surface area contributed by atoms with Gasteiger partial charge in [-0.05, 0) is 6.07 Å². The van der Waals surface area contributed by atoms with Gasteiger partial charge < -0.3 is 5.21 Å². The molecule has 0 bridgehead atoms. The van der Waals surface area contributed by atoms with Gasteiger partial charge in [-0.25, -0.2) is 4.98 Å². The highest BCUT2D eigenvalue weighted by atomic mass is 16.5. The van der Waals surface area contributed by atoms with Crippen molar-refractivity contribution in [3.05, 3.63) is 41.4 Å². The van der Waals surface area contributed by atoms with Crippen molar-refractivity contribution in [3.8, 4) is 0 Å². The Morgan fingerprint density at radius 1 is 1.38 bits per heavy atom. The first-order chi connectivity index (χ1) is 6.33. The Balaban J connectivity index is 2.79. The van der Waals surface area contributed by atoms with Gasteiger partial charge in [0.05, 0.1) is 6.20 Å². The lowest BCUT2D eigenvalue weighted by Gasteiger charge is -2.04. The average molecular weight is 174 g/mol. The molecule has 0 amide bonds. The lowest BCUT2D eigenvalue weighted by Crippen LogP contribution is -2.32. The van der Waals surface area contributed by atoms with Crippen LogP contribution in [0.15, 0.2) is 30.5 Å². The fourth-order valence-corrected chi connectivity index (χ4v) is 1.33. The fourth-order valence-electron chi connectivity index (χ4n) is 1.33. The van der Waals surface area contributed by atoms with Crippen LogP contribution < -0.4 is 4.73 Å². The molecule has 0 aliphatic heterocycles. The number of fused-ring (bicyclic) bond motifs is 1. The molecular weight excluding hydrogens is 164 g/mol. The third kappa shape index (κ3) is 1.22. The number of para-hydroxylation sites is 2. The second-order valence-corrected chi connectivity index (χ2v) is 2.89. The molecule has 2 aromatic rings. The first-order valence-electron chi connectivity index (χ1n) is 4.29. The van der Waals surface area contributed by atoms with Gasteiger partial charge in [0.15, 0.2) is 0 Å². The zero-order valence-electron chi connectivity index (χ0n) is 7.40. The molecule has 1 heterocycles. The first kappa shape index (κ1) is 7.98. The summed E-state index contributed by atoms with van der Waals surface area (Å²) in [4.78, 5) is 4.19. The molecule has 3 heteroatoms. The van der Waals surface area contributed by atoms with Crippen LogP contribution in [0, 0.1) is 5.21 Å². The van der Waals surface area contributed by atoms with Crippen molar-refractivity contribution in [2.45, 2.75) is 13.3 Å². The normalized spacial score (nSPS) is 10.5. The minimum atomic E-state index is 0.641. The molecule has 0 aliphatic rings. The molecule has 0 aliphatic carbocycles. The molecule has 0 spiro atoms. The van der Waals surface area contributed by atoms with Crippen LogP contribution >= 0.6 is 0 Å². The summed E-state index contributed by atoms with van der Waals surface area (Å²) in [5.74, 6) is 0. The van der Waals surface area contributed by atoms with E-state index in [-0.39, 0.29) is 0 Å². The molecule has 0 radical (unpaired) electrons. The second kappa shape index (κ2) is 3.01. The fraction of sp³-hybridized carbons (Fsp3) is 0.200. The molecule has 13 heavy (non-hydrogen) atoms. The summed E-state index contributed by atoms with van der Waals surface area (Å²) < 4.78 is 0.947. The number of hydrogen-bond acceptors (Lipinski definition) is 2. The highest BCUT2D eigenvalue weighted by molar-refractivity contribution is 5.70. The molecule has 0 saturated heterocycles. The maximum absolute atomic E-state index is 11.6. The van der Waals surface area contributed by atoms with E-state index >= 15 is 0 Å². The maximum atomic E-state index is 11.6. The van der Waals surface area contributed by atoms with Crippen LogP contribution in [0.2, 0.25) is 0 Å². The van der Waals surface area contributed by atoms with Gasteiger partial charge in [0.25, 0.3) is 0 Å². The Morgan fingerprint density at radius 2 is 2.15 bits per heavy atom. The molecule has 0 N–H and O–H groups in total. The van der Waals surface area contributed by atoms with E-state index in [1.54, 1.807) is 12.3 Å². The highest BCUT2D eigenvalue weighted by Gasteiger charge is 2.07. The second-order valence-electron chi connectivity index (χ2n) is 2.89. The van der Waals surface area contributed by atoms with E-state index in [1.165, 1.54) is 0 Å². The van der Waals surface area contributed by atoms with Crippen molar-refractivity contribution >= 4 is 11.0 Å². The average Bonchev–Trinajstić information content (AvgIpc) is 2.19. The Hall–Kier alpha value is -1.64. The van der Waals surface area contributed by atoms with Gasteiger partial charge in [-0.15, -0.1) is 0 Å². The zero-order chi connectivity index (χ0) is 9.26. The van der Waals surface area contributed by atoms with E-state index in [4.69, 9.17) is 0 Å². The van der Waals surface area contributed by atoms with E-state index < -0.39 is 0 Å². The SMILES string of the molecule is CCc1cnc2ccccc2[n+]1[O-]. The van der Waals surface area contributed by atoms with Crippen LogP contribution in [0.1, 0.15) is 12.6 Å². The van der Waals surface area contributed by atoms with Crippen molar-refractivity contribution < 1.29 is 4.73 Å². The standard InChI is InChI=1S/C10H10N2O/c1-2-8-7-11-9-5-3-4-6-10(9)12(8)13/h3-7H,2H2,1H3. The lowest BCUT2D eigenvalue weighted by molar-refractivity contribution is -0.586. The van der Waals surface area contributed by atoms with Gasteiger partial charge in [-0.2, -0.15) is 4.73 Å². The van der Waals surface area contributed by atoms with Gasteiger partial charge in [-0.3, -0.25) is 0 Å². The maximum Gasteiger partial charge on any atom is 0.242 e. The van der Waals surface area contributed by atoms with Gasteiger partial charge in [0.2, 0.25) is 11.2 Å². The molecular formula is C10H10N2O. The molecule has 0 fully saturated rings. The third-order valence-corrected chi connectivity index (χ3v) is 2.08. The molecule has 0 atom stereocenters. The summed E-state index contributed by atoms with van der Waals surface area (Å²) in [5.41, 5.74) is 2.09. The Bertz CT molecular complexity index is 440. The summed E-state index contributed by atoms with van der Waals surface area (Å²) in [5, 5.41) is 11.6. The third-order valence-electron chi connectivity index (χ3n) is 2.08. The van der Waals surface area contributed by atoms with Crippen LogP contribution in [0.3, 0.4) is 0 Å². The number of aryl methyl sites for hydroxylation is 1. The van der Waals surface area contributed by atoms with Crippen LogP contribution in [-0.2, 0) is 6.42 Å². The van der Waals surface area contributed by atoms with E-state index in [2.05, 4.69) is 4.98 Å². The summed E-state index contributed by atoms with van der Waals surface area (Å²) >= 11 is 0. The Morgan fingerprint density at radius 3 is 2.92 bits per heavy atom. The summed E-state index contributed by atoms with van der Waals surface area (Å²) in [6, 6.07) is 7.34.